The van der Waals surface area contributed by atoms with Crippen LogP contribution in [0.1, 0.15) is 22.0 Å². The van der Waals surface area contributed by atoms with Gasteiger partial charge in [-0.3, -0.25) is 4.79 Å². The average Bonchev–Trinajstić information content (AvgIpc) is 2.99. The van der Waals surface area contributed by atoms with Crippen LogP contribution in [0.15, 0.2) is 47.8 Å². The monoisotopic (exact) mass is 365 g/mol. The van der Waals surface area contributed by atoms with E-state index in [1.165, 1.54) is 6.07 Å². The zero-order valence-corrected chi connectivity index (χ0v) is 14.3. The van der Waals surface area contributed by atoms with Crippen molar-refractivity contribution in [2.45, 2.75) is 6.10 Å². The molecule has 1 heterocycles. The molecule has 23 heavy (non-hydrogen) atoms. The number of aliphatic hydroxyl groups excluding tert-OH is 1. The molecule has 118 valence electrons. The molecule has 0 saturated carbocycles. The Hall–Kier alpha value is -1.59. The van der Waals surface area contributed by atoms with Crippen molar-refractivity contribution in [2.75, 3.05) is 6.54 Å². The van der Waals surface area contributed by atoms with Gasteiger partial charge in [-0.05, 0) is 35.0 Å². The molecule has 0 fully saturated rings. The Kier molecular flexibility index (Phi) is 4.87. The van der Waals surface area contributed by atoms with Gasteiger partial charge in [0.25, 0.3) is 5.91 Å². The van der Waals surface area contributed by atoms with E-state index in [0.29, 0.717) is 15.6 Å². The molecular weight excluding hydrogens is 353 g/mol. The molecule has 3 aromatic rings. The lowest BCUT2D eigenvalue weighted by molar-refractivity contribution is 0.0917. The maximum atomic E-state index is 12.1. The SMILES string of the molecule is O=C(NC[C@H](O)c1csc2ccccc12)c1ccc(Cl)c(Cl)c1. The van der Waals surface area contributed by atoms with Crippen LogP contribution in [-0.2, 0) is 0 Å². The molecule has 2 aromatic carbocycles. The van der Waals surface area contributed by atoms with E-state index in [4.69, 9.17) is 23.2 Å². The van der Waals surface area contributed by atoms with Crippen molar-refractivity contribution in [3.05, 3.63) is 69.0 Å². The number of fused-ring (bicyclic) bond motifs is 1. The Balaban J connectivity index is 1.70. The molecule has 0 spiro atoms. The number of carbonyl (C=O) groups is 1. The molecule has 0 bridgehead atoms. The molecule has 0 aliphatic carbocycles. The Morgan fingerprint density at radius 2 is 1.96 bits per heavy atom. The molecule has 0 radical (unpaired) electrons. The summed E-state index contributed by atoms with van der Waals surface area (Å²) in [5, 5.41) is 16.7. The summed E-state index contributed by atoms with van der Waals surface area (Å²) in [6, 6.07) is 12.5. The van der Waals surface area contributed by atoms with Crippen molar-refractivity contribution in [2.24, 2.45) is 0 Å². The second-order valence-corrected chi connectivity index (χ2v) is 6.77. The normalized spacial score (nSPS) is 12.3. The lowest BCUT2D eigenvalue weighted by atomic mass is 10.1. The highest BCUT2D eigenvalue weighted by Crippen LogP contribution is 2.30. The first-order valence-electron chi connectivity index (χ1n) is 6.93. The van der Waals surface area contributed by atoms with Crippen LogP contribution in [0, 0.1) is 0 Å². The highest BCUT2D eigenvalue weighted by atomic mass is 35.5. The number of rotatable bonds is 4. The van der Waals surface area contributed by atoms with E-state index in [1.807, 2.05) is 29.6 Å². The summed E-state index contributed by atoms with van der Waals surface area (Å²) in [7, 11) is 0. The molecule has 0 aliphatic heterocycles. The maximum Gasteiger partial charge on any atom is 0.251 e. The Morgan fingerprint density at radius 1 is 1.17 bits per heavy atom. The first kappa shape index (κ1) is 16.3. The molecule has 1 aromatic heterocycles. The zero-order chi connectivity index (χ0) is 16.4. The second kappa shape index (κ2) is 6.89. The standard InChI is InChI=1S/C17H13Cl2NO2S/c18-13-6-5-10(7-14(13)19)17(22)20-8-15(21)12-9-23-16-4-2-1-3-11(12)16/h1-7,9,15,21H,8H2,(H,20,22)/t15-/m0/s1. The zero-order valence-electron chi connectivity index (χ0n) is 11.9. The van der Waals surface area contributed by atoms with Gasteiger partial charge in [0, 0.05) is 22.4 Å². The number of halogens is 2. The molecule has 0 unspecified atom stereocenters. The molecule has 6 heteroatoms. The summed E-state index contributed by atoms with van der Waals surface area (Å²) in [5.74, 6) is -0.304. The third-order valence-corrected chi connectivity index (χ3v) is 5.23. The smallest absolute Gasteiger partial charge is 0.251 e. The largest absolute Gasteiger partial charge is 0.387 e. The number of nitrogens with one attached hydrogen (secondary N) is 1. The first-order chi connectivity index (χ1) is 11.1. The van der Waals surface area contributed by atoms with Crippen molar-refractivity contribution < 1.29 is 9.90 Å². The van der Waals surface area contributed by atoms with E-state index in [1.54, 1.807) is 23.5 Å². The van der Waals surface area contributed by atoms with Crippen molar-refractivity contribution in [1.82, 2.24) is 5.32 Å². The van der Waals surface area contributed by atoms with Gasteiger partial charge in [-0.25, -0.2) is 0 Å². The molecular formula is C17H13Cl2NO2S. The Labute approximate surface area is 147 Å². The molecule has 0 saturated heterocycles. The van der Waals surface area contributed by atoms with Gasteiger partial charge in [-0.2, -0.15) is 0 Å². The van der Waals surface area contributed by atoms with Crippen molar-refractivity contribution >= 4 is 50.5 Å². The van der Waals surface area contributed by atoms with Crippen LogP contribution < -0.4 is 5.32 Å². The van der Waals surface area contributed by atoms with Crippen molar-refractivity contribution in [1.29, 1.82) is 0 Å². The summed E-state index contributed by atoms with van der Waals surface area (Å²) in [6.45, 7) is 0.125. The number of thiophene rings is 1. The van der Waals surface area contributed by atoms with E-state index >= 15 is 0 Å². The van der Waals surface area contributed by atoms with Gasteiger partial charge in [0.15, 0.2) is 0 Å². The van der Waals surface area contributed by atoms with Crippen molar-refractivity contribution in [3.8, 4) is 0 Å². The summed E-state index contributed by atoms with van der Waals surface area (Å²) in [6.07, 6.45) is -0.766. The lowest BCUT2D eigenvalue weighted by Gasteiger charge is -2.12. The predicted molar refractivity (Wildman–Crippen MR) is 95.6 cm³/mol. The minimum Gasteiger partial charge on any atom is -0.387 e. The van der Waals surface area contributed by atoms with Crippen LogP contribution in [0.25, 0.3) is 10.1 Å². The van der Waals surface area contributed by atoms with Crippen LogP contribution in [0.3, 0.4) is 0 Å². The topological polar surface area (TPSA) is 49.3 Å². The van der Waals surface area contributed by atoms with E-state index in [9.17, 15) is 9.90 Å². The number of aliphatic hydroxyl groups is 1. The quantitative estimate of drug-likeness (QED) is 0.705. The summed E-state index contributed by atoms with van der Waals surface area (Å²) in [5.41, 5.74) is 1.22. The molecule has 3 nitrogen and oxygen atoms in total. The van der Waals surface area contributed by atoms with E-state index in [-0.39, 0.29) is 12.5 Å². The highest BCUT2D eigenvalue weighted by molar-refractivity contribution is 7.17. The van der Waals surface area contributed by atoms with Gasteiger partial charge < -0.3 is 10.4 Å². The van der Waals surface area contributed by atoms with Gasteiger partial charge in [0.1, 0.15) is 0 Å². The van der Waals surface area contributed by atoms with Crippen LogP contribution >= 0.6 is 34.5 Å². The fourth-order valence-corrected chi connectivity index (χ4v) is 3.60. The summed E-state index contributed by atoms with van der Waals surface area (Å²) >= 11 is 13.3. The van der Waals surface area contributed by atoms with Crippen LogP contribution in [0.2, 0.25) is 10.0 Å². The van der Waals surface area contributed by atoms with Gasteiger partial charge in [-0.1, -0.05) is 41.4 Å². The molecule has 2 N–H and O–H groups in total. The predicted octanol–water partition coefficient (Wildman–Crippen LogP) is 4.67. The minimum atomic E-state index is -0.766. The Bertz CT molecular complexity index is 863. The molecule has 1 atom stereocenters. The molecule has 3 rings (SSSR count). The Morgan fingerprint density at radius 3 is 2.74 bits per heavy atom. The third kappa shape index (κ3) is 3.51. The minimum absolute atomic E-state index is 0.125. The fourth-order valence-electron chi connectivity index (χ4n) is 2.30. The van der Waals surface area contributed by atoms with Gasteiger partial charge in [0.2, 0.25) is 0 Å². The molecule has 0 aliphatic rings. The second-order valence-electron chi connectivity index (χ2n) is 5.04. The number of amides is 1. The molecule has 1 amide bonds. The van der Waals surface area contributed by atoms with Crippen LogP contribution in [-0.4, -0.2) is 17.6 Å². The van der Waals surface area contributed by atoms with Crippen LogP contribution in [0.4, 0.5) is 0 Å². The van der Waals surface area contributed by atoms with Gasteiger partial charge >= 0.3 is 0 Å². The number of benzene rings is 2. The van der Waals surface area contributed by atoms with E-state index in [0.717, 1.165) is 15.6 Å². The summed E-state index contributed by atoms with van der Waals surface area (Å²) in [4.78, 5) is 12.1. The number of carbonyl (C=O) groups excluding carboxylic acids is 1. The highest BCUT2D eigenvalue weighted by Gasteiger charge is 2.15. The average molecular weight is 366 g/mol. The van der Waals surface area contributed by atoms with Crippen LogP contribution in [0.5, 0.6) is 0 Å². The van der Waals surface area contributed by atoms with Gasteiger partial charge in [-0.15, -0.1) is 11.3 Å². The van der Waals surface area contributed by atoms with E-state index < -0.39 is 6.10 Å². The van der Waals surface area contributed by atoms with Crippen molar-refractivity contribution in [3.63, 3.8) is 0 Å². The maximum absolute atomic E-state index is 12.1. The summed E-state index contributed by atoms with van der Waals surface area (Å²) < 4.78 is 1.11. The van der Waals surface area contributed by atoms with Gasteiger partial charge in [0.05, 0.1) is 16.1 Å². The third-order valence-electron chi connectivity index (χ3n) is 3.51. The van der Waals surface area contributed by atoms with E-state index in [2.05, 4.69) is 5.32 Å². The number of hydrogen-bond donors (Lipinski definition) is 2. The number of hydrogen-bond acceptors (Lipinski definition) is 3. The lowest BCUT2D eigenvalue weighted by Crippen LogP contribution is -2.28. The first-order valence-corrected chi connectivity index (χ1v) is 8.57. The fraction of sp³-hybridized carbons (Fsp3) is 0.118.